The second kappa shape index (κ2) is 7.32. The average Bonchev–Trinajstić information content (AvgIpc) is 2.84. The lowest BCUT2D eigenvalue weighted by atomic mass is 9.70. The maximum atomic E-state index is 4.82. The van der Waals surface area contributed by atoms with Gasteiger partial charge < -0.3 is 0 Å². The Kier molecular flexibility index (Phi) is 4.39. The molecule has 0 atom stereocenters. The van der Waals surface area contributed by atoms with Gasteiger partial charge in [0.2, 0.25) is 0 Å². The van der Waals surface area contributed by atoms with Crippen molar-refractivity contribution in [1.29, 1.82) is 0 Å². The maximum absolute atomic E-state index is 4.82. The number of benzene rings is 4. The summed E-state index contributed by atoms with van der Waals surface area (Å²) in [6.45, 7) is 6.95. The predicted molar refractivity (Wildman–Crippen MR) is 139 cm³/mol. The van der Waals surface area contributed by atoms with Gasteiger partial charge in [-0.2, -0.15) is 0 Å². The van der Waals surface area contributed by atoms with E-state index in [9.17, 15) is 0 Å². The van der Waals surface area contributed by atoms with Crippen LogP contribution in [-0.2, 0) is 11.8 Å². The lowest BCUT2D eigenvalue weighted by molar-refractivity contribution is 0.525. The Morgan fingerprint density at radius 2 is 1.61 bits per heavy atom. The molecule has 1 nitrogen and oxygen atoms in total. The van der Waals surface area contributed by atoms with Crippen molar-refractivity contribution in [2.45, 2.75) is 32.6 Å². The van der Waals surface area contributed by atoms with E-state index >= 15 is 0 Å². The molecule has 0 amide bonds. The second-order valence-electron chi connectivity index (χ2n) is 9.71. The molecule has 0 bridgehead atoms. The lowest BCUT2D eigenvalue weighted by Crippen LogP contribution is -2.24. The minimum atomic E-state index is 0.109. The first-order valence-electron chi connectivity index (χ1n) is 11.5. The molecule has 0 unspecified atom stereocenters. The summed E-state index contributed by atoms with van der Waals surface area (Å²) >= 11 is 0. The van der Waals surface area contributed by atoms with Gasteiger partial charge in [0, 0.05) is 22.9 Å². The van der Waals surface area contributed by atoms with E-state index in [1.807, 2.05) is 36.5 Å². The highest BCUT2D eigenvalue weighted by Crippen LogP contribution is 2.46. The fraction of sp³-hybridized carbons (Fsp3) is 0.156. The molecule has 1 aliphatic carbocycles. The van der Waals surface area contributed by atoms with E-state index in [1.54, 1.807) is 0 Å². The van der Waals surface area contributed by atoms with Gasteiger partial charge in [0.25, 0.3) is 0 Å². The van der Waals surface area contributed by atoms with Gasteiger partial charge in [-0.25, -0.2) is 0 Å². The van der Waals surface area contributed by atoms with E-state index in [0.29, 0.717) is 0 Å². The van der Waals surface area contributed by atoms with Gasteiger partial charge in [-0.15, -0.1) is 0 Å². The van der Waals surface area contributed by atoms with Crippen LogP contribution in [0.3, 0.4) is 0 Å². The Balaban J connectivity index is 1.49. The third-order valence-electron chi connectivity index (χ3n) is 7.02. The number of rotatable bonds is 1. The number of aryl methyl sites for hydroxylation is 1. The summed E-state index contributed by atoms with van der Waals surface area (Å²) in [5.74, 6) is 6.45. The standard InChI is InChI=1S/C32H25N/c1-21-26-16-15-24-10-7-11-28-31(24)30(26)25(19-32(28,2)3)18-27(21)29-17-14-23(20-33-29)13-12-22-8-5-4-6-9-22/h4-11,14-18,20H,19H2,1-3H3. The molecule has 1 aliphatic rings. The molecular weight excluding hydrogens is 398 g/mol. The Bertz CT molecular complexity index is 1590. The van der Waals surface area contributed by atoms with Gasteiger partial charge >= 0.3 is 0 Å². The van der Waals surface area contributed by atoms with Gasteiger partial charge in [-0.3, -0.25) is 4.98 Å². The highest BCUT2D eigenvalue weighted by Gasteiger charge is 2.30. The third kappa shape index (κ3) is 3.22. The van der Waals surface area contributed by atoms with Gasteiger partial charge in [-0.05, 0) is 87.3 Å². The lowest BCUT2D eigenvalue weighted by Gasteiger charge is -2.33. The van der Waals surface area contributed by atoms with Crippen LogP contribution < -0.4 is 0 Å². The molecule has 0 saturated carbocycles. The van der Waals surface area contributed by atoms with E-state index in [4.69, 9.17) is 4.98 Å². The van der Waals surface area contributed by atoms with Crippen LogP contribution in [0.1, 0.15) is 41.7 Å². The molecule has 1 heterocycles. The minimum Gasteiger partial charge on any atom is -0.255 e. The number of nitrogens with zero attached hydrogens (tertiary/aromatic N) is 1. The highest BCUT2D eigenvalue weighted by molar-refractivity contribution is 6.14. The molecule has 0 N–H and O–H groups in total. The van der Waals surface area contributed by atoms with Crippen LogP contribution in [0.25, 0.3) is 32.8 Å². The van der Waals surface area contributed by atoms with Crippen molar-refractivity contribution in [1.82, 2.24) is 4.98 Å². The van der Waals surface area contributed by atoms with Crippen LogP contribution in [0.5, 0.6) is 0 Å². The van der Waals surface area contributed by atoms with Crippen molar-refractivity contribution in [3.63, 3.8) is 0 Å². The molecule has 0 fully saturated rings. The normalized spacial score (nSPS) is 13.8. The summed E-state index contributed by atoms with van der Waals surface area (Å²) in [6.07, 6.45) is 2.93. The number of hydrogen-bond acceptors (Lipinski definition) is 1. The van der Waals surface area contributed by atoms with Crippen LogP contribution in [0.4, 0.5) is 0 Å². The van der Waals surface area contributed by atoms with Crippen molar-refractivity contribution in [3.05, 3.63) is 113 Å². The van der Waals surface area contributed by atoms with Crippen LogP contribution in [0.15, 0.2) is 85.1 Å². The molecule has 1 heteroatoms. The SMILES string of the molecule is Cc1c(-c2ccc(C#Cc3ccccc3)cn2)cc2c3c1ccc1cccc(c13)C(C)(C)C2. The summed E-state index contributed by atoms with van der Waals surface area (Å²) in [4.78, 5) is 4.82. The first-order chi connectivity index (χ1) is 16.0. The summed E-state index contributed by atoms with van der Waals surface area (Å²) in [5, 5.41) is 5.53. The van der Waals surface area contributed by atoms with E-state index in [0.717, 1.165) is 23.2 Å². The van der Waals surface area contributed by atoms with Crippen LogP contribution in [-0.4, -0.2) is 4.98 Å². The van der Waals surface area contributed by atoms with E-state index in [-0.39, 0.29) is 5.41 Å². The molecule has 0 spiro atoms. The summed E-state index contributed by atoms with van der Waals surface area (Å²) in [5.41, 5.74) is 8.46. The number of pyridine rings is 1. The summed E-state index contributed by atoms with van der Waals surface area (Å²) in [6, 6.07) is 28.0. The van der Waals surface area contributed by atoms with Crippen molar-refractivity contribution in [2.75, 3.05) is 0 Å². The molecule has 6 rings (SSSR count). The Morgan fingerprint density at radius 1 is 0.788 bits per heavy atom. The zero-order valence-corrected chi connectivity index (χ0v) is 19.2. The fourth-order valence-corrected chi connectivity index (χ4v) is 5.36. The Hall–Kier alpha value is -3.89. The topological polar surface area (TPSA) is 12.9 Å². The van der Waals surface area contributed by atoms with E-state index in [2.05, 4.69) is 81.1 Å². The second-order valence-corrected chi connectivity index (χ2v) is 9.71. The molecule has 0 radical (unpaired) electrons. The van der Waals surface area contributed by atoms with Crippen molar-refractivity contribution in [3.8, 4) is 23.1 Å². The van der Waals surface area contributed by atoms with E-state index in [1.165, 1.54) is 43.8 Å². The Labute approximate surface area is 195 Å². The zero-order valence-electron chi connectivity index (χ0n) is 19.2. The van der Waals surface area contributed by atoms with Gasteiger partial charge in [-0.1, -0.05) is 74.2 Å². The smallest absolute Gasteiger partial charge is 0.0705 e. The molecule has 4 aromatic carbocycles. The monoisotopic (exact) mass is 423 g/mol. The van der Waals surface area contributed by atoms with Crippen molar-refractivity contribution in [2.24, 2.45) is 0 Å². The molecule has 5 aromatic rings. The maximum Gasteiger partial charge on any atom is 0.0705 e. The first kappa shape index (κ1) is 19.8. The molecular formula is C32H25N. The molecule has 158 valence electrons. The summed E-state index contributed by atoms with van der Waals surface area (Å²) in [7, 11) is 0. The molecule has 33 heavy (non-hydrogen) atoms. The van der Waals surface area contributed by atoms with E-state index < -0.39 is 0 Å². The molecule has 0 saturated heterocycles. The van der Waals surface area contributed by atoms with Gasteiger partial charge in [0.05, 0.1) is 5.69 Å². The van der Waals surface area contributed by atoms with Crippen LogP contribution in [0, 0.1) is 18.8 Å². The van der Waals surface area contributed by atoms with Crippen LogP contribution in [0.2, 0.25) is 0 Å². The number of hydrogen-bond donors (Lipinski definition) is 0. The molecule has 1 aromatic heterocycles. The predicted octanol–water partition coefficient (Wildman–Crippen LogP) is 7.60. The quantitative estimate of drug-likeness (QED) is 0.200. The first-order valence-corrected chi connectivity index (χ1v) is 11.5. The third-order valence-corrected chi connectivity index (χ3v) is 7.02. The van der Waals surface area contributed by atoms with Gasteiger partial charge in [0.1, 0.15) is 0 Å². The molecule has 0 aliphatic heterocycles. The Morgan fingerprint density at radius 3 is 2.39 bits per heavy atom. The average molecular weight is 424 g/mol. The zero-order chi connectivity index (χ0) is 22.6. The van der Waals surface area contributed by atoms with Crippen molar-refractivity contribution >= 4 is 21.5 Å². The van der Waals surface area contributed by atoms with Crippen LogP contribution >= 0.6 is 0 Å². The number of aromatic nitrogens is 1. The highest BCUT2D eigenvalue weighted by atomic mass is 14.7. The van der Waals surface area contributed by atoms with Gasteiger partial charge in [0.15, 0.2) is 0 Å². The summed E-state index contributed by atoms with van der Waals surface area (Å²) < 4.78 is 0. The minimum absolute atomic E-state index is 0.109. The fourth-order valence-electron chi connectivity index (χ4n) is 5.36. The largest absolute Gasteiger partial charge is 0.255 e. The van der Waals surface area contributed by atoms with Crippen molar-refractivity contribution < 1.29 is 0 Å².